The van der Waals surface area contributed by atoms with Crippen molar-refractivity contribution in [2.75, 3.05) is 5.32 Å². The third kappa shape index (κ3) is 6.75. The minimum absolute atomic E-state index is 0.124. The number of nitrogens with zero attached hydrogens (tertiary/aromatic N) is 3. The van der Waals surface area contributed by atoms with E-state index in [-0.39, 0.29) is 11.3 Å². The highest BCUT2D eigenvalue weighted by Gasteiger charge is 2.15. The summed E-state index contributed by atoms with van der Waals surface area (Å²) in [6.45, 7) is 0. The number of thioether (sulfide) groups is 1. The Labute approximate surface area is 209 Å². The Kier molecular flexibility index (Phi) is 7.86. The molecule has 0 aliphatic carbocycles. The predicted molar refractivity (Wildman–Crippen MR) is 133 cm³/mol. The summed E-state index contributed by atoms with van der Waals surface area (Å²) in [7, 11) is 0. The molecule has 0 saturated carbocycles. The number of halogens is 2. The number of H-pyrrole nitrogens is 1. The normalized spacial score (nSPS) is 10.9. The fraction of sp³-hybridized carbons (Fsp3) is 0.0417. The number of hydrazone groups is 1. The number of hydrogen-bond acceptors (Lipinski definition) is 6. The summed E-state index contributed by atoms with van der Waals surface area (Å²) in [6.07, 6.45) is 2.81. The van der Waals surface area contributed by atoms with Gasteiger partial charge in [0.25, 0.3) is 11.8 Å². The van der Waals surface area contributed by atoms with Crippen LogP contribution in [0.2, 0.25) is 5.02 Å². The van der Waals surface area contributed by atoms with Gasteiger partial charge in [0.15, 0.2) is 0 Å². The minimum Gasteiger partial charge on any atom is -0.321 e. The van der Waals surface area contributed by atoms with E-state index in [1.807, 2.05) is 6.07 Å². The molecule has 4 aromatic rings. The first-order chi connectivity index (χ1) is 17.0. The van der Waals surface area contributed by atoms with Gasteiger partial charge >= 0.3 is 0 Å². The van der Waals surface area contributed by atoms with Crippen molar-refractivity contribution in [1.29, 1.82) is 0 Å². The lowest BCUT2D eigenvalue weighted by atomic mass is 10.1. The predicted octanol–water partition coefficient (Wildman–Crippen LogP) is 4.91. The van der Waals surface area contributed by atoms with Gasteiger partial charge in [0.05, 0.1) is 17.5 Å². The zero-order valence-corrected chi connectivity index (χ0v) is 19.6. The highest BCUT2D eigenvalue weighted by molar-refractivity contribution is 7.98. The van der Waals surface area contributed by atoms with Gasteiger partial charge in [-0.1, -0.05) is 47.6 Å². The zero-order valence-electron chi connectivity index (χ0n) is 18.0. The second kappa shape index (κ2) is 11.4. The van der Waals surface area contributed by atoms with E-state index in [4.69, 9.17) is 11.6 Å². The number of amides is 2. The van der Waals surface area contributed by atoms with Gasteiger partial charge in [0, 0.05) is 16.3 Å². The summed E-state index contributed by atoms with van der Waals surface area (Å²) in [5.41, 5.74) is 4.56. The maximum atomic E-state index is 13.3. The molecule has 35 heavy (non-hydrogen) atoms. The highest BCUT2D eigenvalue weighted by Crippen LogP contribution is 2.23. The molecule has 4 rings (SSSR count). The fourth-order valence-corrected chi connectivity index (χ4v) is 3.93. The van der Waals surface area contributed by atoms with Crippen LogP contribution in [-0.2, 0) is 5.75 Å². The summed E-state index contributed by atoms with van der Waals surface area (Å²) in [4.78, 5) is 29.7. The second-order valence-corrected chi connectivity index (χ2v) is 8.55. The maximum absolute atomic E-state index is 13.3. The molecule has 0 atom stereocenters. The Hall–Kier alpha value is -4.02. The fourth-order valence-electron chi connectivity index (χ4n) is 3.04. The molecule has 3 aromatic carbocycles. The van der Waals surface area contributed by atoms with Gasteiger partial charge in [0.2, 0.25) is 5.16 Å². The molecule has 0 spiro atoms. The maximum Gasteiger partial charge on any atom is 0.273 e. The lowest BCUT2D eigenvalue weighted by Crippen LogP contribution is -2.21. The Morgan fingerprint density at radius 2 is 1.94 bits per heavy atom. The summed E-state index contributed by atoms with van der Waals surface area (Å²) in [5, 5.41) is 14.2. The van der Waals surface area contributed by atoms with Crippen molar-refractivity contribution in [2.24, 2.45) is 5.10 Å². The molecule has 11 heteroatoms. The molecule has 3 N–H and O–H groups in total. The van der Waals surface area contributed by atoms with Crippen LogP contribution in [0.15, 0.2) is 83.3 Å². The van der Waals surface area contributed by atoms with Crippen LogP contribution in [0.5, 0.6) is 0 Å². The third-order valence-corrected chi connectivity index (χ3v) is 5.82. The third-order valence-electron chi connectivity index (χ3n) is 4.65. The highest BCUT2D eigenvalue weighted by atomic mass is 35.5. The molecule has 0 saturated heterocycles. The number of nitrogens with one attached hydrogen (secondary N) is 3. The van der Waals surface area contributed by atoms with Crippen LogP contribution in [0.1, 0.15) is 31.8 Å². The molecule has 1 heterocycles. The number of aromatic nitrogens is 3. The molecule has 0 aliphatic heterocycles. The van der Waals surface area contributed by atoms with Crippen LogP contribution in [0.4, 0.5) is 10.1 Å². The van der Waals surface area contributed by atoms with Gasteiger partial charge in [-0.3, -0.25) is 14.7 Å². The van der Waals surface area contributed by atoms with E-state index in [1.165, 1.54) is 54.6 Å². The Balaban J connectivity index is 1.45. The average molecular weight is 509 g/mol. The van der Waals surface area contributed by atoms with Gasteiger partial charge in [-0.25, -0.2) is 14.8 Å². The van der Waals surface area contributed by atoms with Crippen molar-refractivity contribution in [3.8, 4) is 0 Å². The summed E-state index contributed by atoms with van der Waals surface area (Å²) >= 11 is 7.50. The Morgan fingerprint density at radius 3 is 2.74 bits per heavy atom. The van der Waals surface area contributed by atoms with E-state index in [0.717, 1.165) is 5.56 Å². The molecule has 0 fully saturated rings. The smallest absolute Gasteiger partial charge is 0.273 e. The van der Waals surface area contributed by atoms with E-state index in [0.29, 0.717) is 27.1 Å². The first kappa shape index (κ1) is 24.1. The largest absolute Gasteiger partial charge is 0.321 e. The van der Waals surface area contributed by atoms with E-state index in [9.17, 15) is 14.0 Å². The first-order valence-corrected chi connectivity index (χ1v) is 11.6. The molecule has 8 nitrogen and oxygen atoms in total. The molecule has 0 aliphatic rings. The van der Waals surface area contributed by atoms with Crippen molar-refractivity contribution in [2.45, 2.75) is 10.9 Å². The number of rotatable bonds is 8. The molecule has 0 unspecified atom stereocenters. The molecule has 176 valence electrons. The van der Waals surface area contributed by atoms with Crippen LogP contribution in [0, 0.1) is 5.82 Å². The number of hydrogen-bond donors (Lipinski definition) is 3. The summed E-state index contributed by atoms with van der Waals surface area (Å²) in [6, 6.07) is 17.4. The van der Waals surface area contributed by atoms with Gasteiger partial charge in [-0.15, -0.1) is 5.10 Å². The molecule has 0 radical (unpaired) electrons. The van der Waals surface area contributed by atoms with Crippen LogP contribution < -0.4 is 10.7 Å². The van der Waals surface area contributed by atoms with Crippen molar-refractivity contribution in [3.05, 3.63) is 106 Å². The number of carbonyl (C=O) groups excluding carboxylic acids is 2. The Morgan fingerprint density at radius 1 is 1.09 bits per heavy atom. The van der Waals surface area contributed by atoms with Crippen molar-refractivity contribution in [1.82, 2.24) is 20.6 Å². The van der Waals surface area contributed by atoms with Crippen LogP contribution in [0.25, 0.3) is 0 Å². The van der Waals surface area contributed by atoms with Crippen LogP contribution in [0.3, 0.4) is 0 Å². The lowest BCUT2D eigenvalue weighted by molar-refractivity contribution is 0.0956. The number of benzene rings is 3. The van der Waals surface area contributed by atoms with E-state index < -0.39 is 17.6 Å². The molecular weight excluding hydrogens is 491 g/mol. The standard InChI is InChI=1S/C24H18ClFN6O2S/c25-18-7-8-21(20(11-18)23(34)31-28-12-15-3-2-6-19(26)10-15)30-22(33)17-5-1-4-16(9-17)13-35-24-27-14-29-32-24/h1-12,14H,13H2,(H,30,33)(H,31,34)(H,27,29,32)/b28-12+. The zero-order chi connectivity index (χ0) is 24.6. The minimum atomic E-state index is -0.591. The molecule has 1 aromatic heterocycles. The molecule has 2 amide bonds. The van der Waals surface area contributed by atoms with E-state index in [1.54, 1.807) is 30.3 Å². The summed E-state index contributed by atoms with van der Waals surface area (Å²) < 4.78 is 13.3. The number of carbonyl (C=O) groups is 2. The van der Waals surface area contributed by atoms with Crippen molar-refractivity contribution in [3.63, 3.8) is 0 Å². The van der Waals surface area contributed by atoms with E-state index >= 15 is 0 Å². The van der Waals surface area contributed by atoms with E-state index in [2.05, 4.69) is 31.0 Å². The quantitative estimate of drug-likeness (QED) is 0.178. The number of anilines is 1. The van der Waals surface area contributed by atoms with Crippen LogP contribution in [-0.4, -0.2) is 33.2 Å². The topological polar surface area (TPSA) is 112 Å². The number of aromatic amines is 1. The molecular formula is C24H18ClFN6O2S. The first-order valence-electron chi connectivity index (χ1n) is 10.3. The van der Waals surface area contributed by atoms with Gasteiger partial charge < -0.3 is 5.32 Å². The Bertz CT molecular complexity index is 1380. The van der Waals surface area contributed by atoms with Gasteiger partial charge in [-0.05, 0) is 53.6 Å². The van der Waals surface area contributed by atoms with Gasteiger partial charge in [0.1, 0.15) is 12.1 Å². The van der Waals surface area contributed by atoms with Crippen LogP contribution >= 0.6 is 23.4 Å². The average Bonchev–Trinajstić information content (AvgIpc) is 3.38. The van der Waals surface area contributed by atoms with Crippen molar-refractivity contribution >= 4 is 47.1 Å². The lowest BCUT2D eigenvalue weighted by Gasteiger charge is -2.11. The molecule has 0 bridgehead atoms. The van der Waals surface area contributed by atoms with Crippen molar-refractivity contribution < 1.29 is 14.0 Å². The van der Waals surface area contributed by atoms with Gasteiger partial charge in [-0.2, -0.15) is 5.10 Å². The second-order valence-electron chi connectivity index (χ2n) is 7.17. The summed E-state index contributed by atoms with van der Waals surface area (Å²) in [5.74, 6) is -0.821. The SMILES string of the molecule is O=C(Nc1ccc(Cl)cc1C(=O)N/N=C/c1cccc(F)c1)c1cccc(CSc2nc[nH]n2)c1. The monoisotopic (exact) mass is 508 g/mol.